The second kappa shape index (κ2) is 5.91. The van der Waals surface area contributed by atoms with Gasteiger partial charge in [0, 0.05) is 35.3 Å². The number of urea groups is 1. The van der Waals surface area contributed by atoms with Crippen molar-refractivity contribution in [2.24, 2.45) is 11.3 Å². The molecule has 1 aromatic heterocycles. The van der Waals surface area contributed by atoms with Gasteiger partial charge >= 0.3 is 6.03 Å². The molecule has 0 unspecified atom stereocenters. The fraction of sp³-hybridized carbons (Fsp3) is 0.625. The smallest absolute Gasteiger partial charge is 0.317 e. The van der Waals surface area contributed by atoms with Crippen LogP contribution in [0.25, 0.3) is 0 Å². The van der Waals surface area contributed by atoms with Gasteiger partial charge in [-0.2, -0.15) is 0 Å². The number of carbonyl (C=O) groups is 2. The van der Waals surface area contributed by atoms with E-state index in [2.05, 4.69) is 10.6 Å². The Bertz CT molecular complexity index is 558. The fourth-order valence-corrected chi connectivity index (χ4v) is 3.93. The molecule has 0 bridgehead atoms. The van der Waals surface area contributed by atoms with Crippen LogP contribution in [0.1, 0.15) is 31.6 Å². The number of amides is 3. The van der Waals surface area contributed by atoms with Crippen LogP contribution >= 0.6 is 11.3 Å². The highest BCUT2D eigenvalue weighted by atomic mass is 32.1. The van der Waals surface area contributed by atoms with E-state index in [1.807, 2.05) is 36.3 Å². The van der Waals surface area contributed by atoms with E-state index < -0.39 is 0 Å². The Hall–Kier alpha value is -1.56. The number of hydrogen-bond donors (Lipinski definition) is 2. The van der Waals surface area contributed by atoms with Gasteiger partial charge in [-0.25, -0.2) is 4.79 Å². The lowest BCUT2D eigenvalue weighted by Gasteiger charge is -2.19. The Morgan fingerprint density at radius 1 is 1.50 bits per heavy atom. The predicted octanol–water partition coefficient (Wildman–Crippen LogP) is 2.19. The summed E-state index contributed by atoms with van der Waals surface area (Å²) < 4.78 is 0. The van der Waals surface area contributed by atoms with Crippen molar-refractivity contribution < 1.29 is 9.59 Å². The molecule has 2 N–H and O–H groups in total. The highest BCUT2D eigenvalue weighted by Crippen LogP contribution is 2.58. The zero-order valence-corrected chi connectivity index (χ0v) is 13.9. The second-order valence-corrected chi connectivity index (χ2v) is 7.72. The third kappa shape index (κ3) is 3.11. The summed E-state index contributed by atoms with van der Waals surface area (Å²) in [7, 11) is 0. The van der Waals surface area contributed by atoms with E-state index in [0.29, 0.717) is 13.1 Å². The van der Waals surface area contributed by atoms with Crippen molar-refractivity contribution in [3.63, 3.8) is 0 Å². The summed E-state index contributed by atoms with van der Waals surface area (Å²) in [5.41, 5.74) is 0.0356. The van der Waals surface area contributed by atoms with Crippen LogP contribution in [0.5, 0.6) is 0 Å². The van der Waals surface area contributed by atoms with Gasteiger partial charge in [-0.3, -0.25) is 4.79 Å². The monoisotopic (exact) mass is 321 g/mol. The minimum absolute atomic E-state index is 0.00322. The third-order valence-electron chi connectivity index (χ3n) is 4.61. The zero-order chi connectivity index (χ0) is 15.7. The van der Waals surface area contributed by atoms with Crippen molar-refractivity contribution in [1.82, 2.24) is 15.5 Å². The van der Waals surface area contributed by atoms with Gasteiger partial charge < -0.3 is 15.5 Å². The molecular weight excluding hydrogens is 298 g/mol. The maximum atomic E-state index is 12.3. The Balaban J connectivity index is 1.49. The predicted molar refractivity (Wildman–Crippen MR) is 86.6 cm³/mol. The Labute approximate surface area is 135 Å². The first-order valence-corrected chi connectivity index (χ1v) is 8.74. The van der Waals surface area contributed by atoms with Gasteiger partial charge in [-0.05, 0) is 38.1 Å². The van der Waals surface area contributed by atoms with Crippen LogP contribution in [0, 0.1) is 11.3 Å². The number of nitrogens with one attached hydrogen (secondary N) is 2. The van der Waals surface area contributed by atoms with Gasteiger partial charge in [0.05, 0.1) is 6.54 Å². The summed E-state index contributed by atoms with van der Waals surface area (Å²) >= 11 is 1.65. The number of hydrogen-bond acceptors (Lipinski definition) is 3. The lowest BCUT2D eigenvalue weighted by molar-refractivity contribution is -0.123. The van der Waals surface area contributed by atoms with Crippen molar-refractivity contribution in [2.45, 2.75) is 39.3 Å². The van der Waals surface area contributed by atoms with Gasteiger partial charge in [0.1, 0.15) is 0 Å². The quantitative estimate of drug-likeness (QED) is 0.893. The van der Waals surface area contributed by atoms with E-state index in [1.54, 1.807) is 11.3 Å². The molecule has 0 radical (unpaired) electrons. The topological polar surface area (TPSA) is 61.4 Å². The normalized spacial score (nSPS) is 26.5. The summed E-state index contributed by atoms with van der Waals surface area (Å²) in [5, 5.41) is 7.97. The van der Waals surface area contributed by atoms with Crippen molar-refractivity contribution in [2.75, 3.05) is 13.1 Å². The largest absolute Gasteiger partial charge is 0.351 e. The van der Waals surface area contributed by atoms with Crippen LogP contribution in [0.2, 0.25) is 0 Å². The Kier molecular flexibility index (Phi) is 4.12. The summed E-state index contributed by atoms with van der Waals surface area (Å²) in [5.74, 6) is 0.212. The maximum Gasteiger partial charge on any atom is 0.317 e. The molecule has 1 spiro atoms. The first-order valence-electron chi connectivity index (χ1n) is 7.86. The molecule has 1 aliphatic heterocycles. The molecule has 1 aromatic rings. The van der Waals surface area contributed by atoms with E-state index in [4.69, 9.17) is 0 Å². The number of thiophene rings is 1. The lowest BCUT2D eigenvalue weighted by atomic mass is 10.0. The van der Waals surface area contributed by atoms with E-state index in [0.717, 1.165) is 19.4 Å². The van der Waals surface area contributed by atoms with Crippen LogP contribution in [0.4, 0.5) is 4.79 Å². The number of carbonyl (C=O) groups excluding carboxylic acids is 2. The number of rotatable bonds is 4. The van der Waals surface area contributed by atoms with Gasteiger partial charge in [0.2, 0.25) is 5.91 Å². The average Bonchev–Trinajstić information content (AvgIpc) is 2.81. The molecule has 120 valence electrons. The van der Waals surface area contributed by atoms with Crippen molar-refractivity contribution in [3.8, 4) is 0 Å². The lowest BCUT2D eigenvalue weighted by Crippen LogP contribution is -2.42. The van der Waals surface area contributed by atoms with Gasteiger partial charge in [-0.1, -0.05) is 6.07 Å². The standard InChI is InChI=1S/C16H23N3O2S/c1-11(2)18-15(21)19-6-5-16(10-19)8-13(16)14(20)17-9-12-4-3-7-22-12/h3-4,7,11,13H,5-6,8-10H2,1-2H3,(H,17,20)(H,18,21)/t13-,16+/m1/s1. The number of nitrogens with zero attached hydrogens (tertiary/aromatic N) is 1. The van der Waals surface area contributed by atoms with Gasteiger partial charge in [-0.15, -0.1) is 11.3 Å². The first-order chi connectivity index (χ1) is 10.5. The zero-order valence-electron chi connectivity index (χ0n) is 13.1. The van der Waals surface area contributed by atoms with Crippen LogP contribution in [0.15, 0.2) is 17.5 Å². The van der Waals surface area contributed by atoms with E-state index in [9.17, 15) is 9.59 Å². The molecule has 5 nitrogen and oxygen atoms in total. The van der Waals surface area contributed by atoms with Crippen molar-refractivity contribution >= 4 is 23.3 Å². The molecule has 2 atom stereocenters. The molecule has 2 aliphatic rings. The summed E-state index contributed by atoms with van der Waals surface area (Å²) in [6.07, 6.45) is 1.85. The molecule has 3 amide bonds. The van der Waals surface area contributed by atoms with E-state index in [-0.39, 0.29) is 29.3 Å². The molecule has 1 aliphatic carbocycles. The third-order valence-corrected chi connectivity index (χ3v) is 5.48. The van der Waals surface area contributed by atoms with E-state index >= 15 is 0 Å². The summed E-state index contributed by atoms with van der Waals surface area (Å²) in [6.45, 7) is 6.00. The first kappa shape index (κ1) is 15.3. The van der Waals surface area contributed by atoms with Gasteiger partial charge in [0.15, 0.2) is 0 Å². The fourth-order valence-electron chi connectivity index (χ4n) is 3.29. The van der Waals surface area contributed by atoms with E-state index in [1.165, 1.54) is 4.88 Å². The van der Waals surface area contributed by atoms with Crippen LogP contribution in [-0.4, -0.2) is 36.0 Å². The Morgan fingerprint density at radius 3 is 3.00 bits per heavy atom. The Morgan fingerprint density at radius 2 is 2.32 bits per heavy atom. The van der Waals surface area contributed by atoms with Crippen LogP contribution < -0.4 is 10.6 Å². The molecule has 3 rings (SSSR count). The average molecular weight is 321 g/mol. The van der Waals surface area contributed by atoms with Gasteiger partial charge in [0.25, 0.3) is 0 Å². The summed E-state index contributed by atoms with van der Waals surface area (Å²) in [4.78, 5) is 27.4. The highest BCUT2D eigenvalue weighted by Gasteiger charge is 2.61. The molecule has 1 saturated heterocycles. The SMILES string of the molecule is CC(C)NC(=O)N1CC[C@]2(C[C@@H]2C(=O)NCc2cccs2)C1. The highest BCUT2D eigenvalue weighted by molar-refractivity contribution is 7.09. The molecule has 2 fully saturated rings. The molecular formula is C16H23N3O2S. The minimum atomic E-state index is -0.00322. The minimum Gasteiger partial charge on any atom is -0.351 e. The summed E-state index contributed by atoms with van der Waals surface area (Å²) in [6, 6.07) is 4.17. The van der Waals surface area contributed by atoms with Crippen LogP contribution in [0.3, 0.4) is 0 Å². The van der Waals surface area contributed by atoms with Crippen molar-refractivity contribution in [3.05, 3.63) is 22.4 Å². The molecule has 0 aromatic carbocycles. The number of likely N-dealkylation sites (tertiary alicyclic amines) is 1. The van der Waals surface area contributed by atoms with Crippen molar-refractivity contribution in [1.29, 1.82) is 0 Å². The maximum absolute atomic E-state index is 12.3. The molecule has 6 heteroatoms. The molecule has 2 heterocycles. The molecule has 22 heavy (non-hydrogen) atoms. The van der Waals surface area contributed by atoms with Crippen LogP contribution in [-0.2, 0) is 11.3 Å². The molecule has 1 saturated carbocycles. The second-order valence-electron chi connectivity index (χ2n) is 6.69.